The summed E-state index contributed by atoms with van der Waals surface area (Å²) in [4.78, 5) is 2.61. The molecule has 2 atom stereocenters. The third kappa shape index (κ3) is 4.57. The van der Waals surface area contributed by atoms with Gasteiger partial charge in [-0.25, -0.2) is 0 Å². The lowest BCUT2D eigenvalue weighted by atomic mass is 10.00. The fraction of sp³-hybridized carbons (Fsp3) is 1.00. The van der Waals surface area contributed by atoms with Crippen molar-refractivity contribution in [3.05, 3.63) is 0 Å². The molecule has 3 nitrogen and oxygen atoms in total. The molecule has 1 N–H and O–H groups in total. The minimum atomic E-state index is 0.730. The highest BCUT2D eigenvalue weighted by molar-refractivity contribution is 4.77. The Bertz CT molecular complexity index is 178. The molecule has 2 rings (SSSR count). The summed E-state index contributed by atoms with van der Waals surface area (Å²) in [5.74, 6) is 0.771. The zero-order valence-corrected chi connectivity index (χ0v) is 11.3. The second-order valence-electron chi connectivity index (χ2n) is 5.58. The molecule has 3 heteroatoms. The zero-order valence-electron chi connectivity index (χ0n) is 11.3. The first-order chi connectivity index (χ1) is 8.38. The van der Waals surface area contributed by atoms with E-state index < -0.39 is 0 Å². The molecule has 0 saturated carbocycles. The van der Waals surface area contributed by atoms with E-state index in [9.17, 15) is 0 Å². The maximum atomic E-state index is 5.58. The van der Waals surface area contributed by atoms with E-state index in [2.05, 4.69) is 17.1 Å². The van der Waals surface area contributed by atoms with Crippen LogP contribution in [0.25, 0.3) is 0 Å². The van der Waals surface area contributed by atoms with Gasteiger partial charge in [0.05, 0.1) is 6.61 Å². The molecule has 0 aromatic heterocycles. The first-order valence-corrected chi connectivity index (χ1v) is 7.42. The van der Waals surface area contributed by atoms with Gasteiger partial charge < -0.3 is 15.0 Å². The van der Waals surface area contributed by atoms with Gasteiger partial charge in [-0.2, -0.15) is 0 Å². The van der Waals surface area contributed by atoms with Crippen LogP contribution < -0.4 is 5.32 Å². The van der Waals surface area contributed by atoms with Crippen LogP contribution in [-0.2, 0) is 4.74 Å². The number of nitrogens with one attached hydrogen (secondary N) is 1. The summed E-state index contributed by atoms with van der Waals surface area (Å²) >= 11 is 0. The fourth-order valence-electron chi connectivity index (χ4n) is 3.04. The second-order valence-corrected chi connectivity index (χ2v) is 5.58. The number of likely N-dealkylation sites (N-methyl/N-ethyl adjacent to an activating group) is 1. The molecule has 0 radical (unpaired) electrons. The molecule has 2 fully saturated rings. The van der Waals surface area contributed by atoms with Gasteiger partial charge in [-0.3, -0.25) is 0 Å². The number of rotatable bonds is 5. The fourth-order valence-corrected chi connectivity index (χ4v) is 3.04. The van der Waals surface area contributed by atoms with Gasteiger partial charge in [0.15, 0.2) is 0 Å². The highest BCUT2D eigenvalue weighted by Gasteiger charge is 2.20. The van der Waals surface area contributed by atoms with E-state index in [0.29, 0.717) is 0 Å². The van der Waals surface area contributed by atoms with Gasteiger partial charge in [0, 0.05) is 25.7 Å². The molecule has 0 amide bonds. The molecule has 2 saturated heterocycles. The van der Waals surface area contributed by atoms with Crippen molar-refractivity contribution in [2.45, 2.75) is 45.1 Å². The summed E-state index contributed by atoms with van der Waals surface area (Å²) in [5, 5.41) is 3.65. The lowest BCUT2D eigenvalue weighted by molar-refractivity contribution is 0.0374. The van der Waals surface area contributed by atoms with Crippen molar-refractivity contribution >= 4 is 0 Å². The second kappa shape index (κ2) is 7.34. The Morgan fingerprint density at radius 1 is 1.18 bits per heavy atom. The molecule has 2 aliphatic heterocycles. The van der Waals surface area contributed by atoms with E-state index in [1.807, 2.05) is 0 Å². The summed E-state index contributed by atoms with van der Waals surface area (Å²) < 4.78 is 5.58. The van der Waals surface area contributed by atoms with E-state index in [1.165, 1.54) is 58.3 Å². The normalized spacial score (nSPS) is 30.7. The maximum Gasteiger partial charge on any atom is 0.0506 e. The number of hydrogen-bond acceptors (Lipinski definition) is 3. The molecule has 2 aliphatic rings. The van der Waals surface area contributed by atoms with Crippen molar-refractivity contribution in [3.63, 3.8) is 0 Å². The Hall–Kier alpha value is -0.120. The summed E-state index contributed by atoms with van der Waals surface area (Å²) in [7, 11) is 0. The van der Waals surface area contributed by atoms with E-state index in [-0.39, 0.29) is 0 Å². The number of hydrogen-bond donors (Lipinski definition) is 1. The Morgan fingerprint density at radius 3 is 2.76 bits per heavy atom. The van der Waals surface area contributed by atoms with Crippen LogP contribution in [0.3, 0.4) is 0 Å². The number of piperidine rings is 1. The quantitative estimate of drug-likeness (QED) is 0.794. The first-order valence-electron chi connectivity index (χ1n) is 7.42. The summed E-state index contributed by atoms with van der Waals surface area (Å²) in [6, 6.07) is 0.730. The van der Waals surface area contributed by atoms with Crippen LogP contribution in [0.15, 0.2) is 0 Å². The van der Waals surface area contributed by atoms with Crippen molar-refractivity contribution in [1.29, 1.82) is 0 Å². The Balaban J connectivity index is 1.71. The minimum absolute atomic E-state index is 0.730. The smallest absolute Gasteiger partial charge is 0.0506 e. The molecule has 0 aromatic carbocycles. The first kappa shape index (κ1) is 13.3. The van der Waals surface area contributed by atoms with E-state index >= 15 is 0 Å². The predicted molar refractivity (Wildman–Crippen MR) is 71.3 cm³/mol. The predicted octanol–water partition coefficient (Wildman–Crippen LogP) is 1.88. The molecule has 2 unspecified atom stereocenters. The molecule has 17 heavy (non-hydrogen) atoms. The third-order valence-electron chi connectivity index (χ3n) is 4.11. The number of nitrogens with zero attached hydrogens (tertiary/aromatic N) is 1. The van der Waals surface area contributed by atoms with Crippen molar-refractivity contribution < 1.29 is 4.74 Å². The van der Waals surface area contributed by atoms with E-state index in [4.69, 9.17) is 4.74 Å². The molecule has 0 aromatic rings. The van der Waals surface area contributed by atoms with E-state index in [0.717, 1.165) is 25.2 Å². The van der Waals surface area contributed by atoms with Crippen molar-refractivity contribution in [3.8, 4) is 0 Å². The standard InChI is InChI=1S/C14H28N2O/c1-2-16(10-13-6-5-9-17-12-13)11-14-7-3-4-8-15-14/h13-15H,2-12H2,1H3. The van der Waals surface area contributed by atoms with Gasteiger partial charge in [0.1, 0.15) is 0 Å². The van der Waals surface area contributed by atoms with Crippen molar-refractivity contribution in [1.82, 2.24) is 10.2 Å². The van der Waals surface area contributed by atoms with Crippen LogP contribution in [0.2, 0.25) is 0 Å². The number of ether oxygens (including phenoxy) is 1. The average Bonchev–Trinajstić information content (AvgIpc) is 2.40. The minimum Gasteiger partial charge on any atom is -0.381 e. The van der Waals surface area contributed by atoms with Gasteiger partial charge in [-0.15, -0.1) is 0 Å². The van der Waals surface area contributed by atoms with Crippen molar-refractivity contribution in [2.75, 3.05) is 39.4 Å². The lowest BCUT2D eigenvalue weighted by Gasteiger charge is -2.33. The maximum absolute atomic E-state index is 5.58. The third-order valence-corrected chi connectivity index (χ3v) is 4.11. The van der Waals surface area contributed by atoms with Crippen LogP contribution in [0, 0.1) is 5.92 Å². The molecule has 100 valence electrons. The lowest BCUT2D eigenvalue weighted by Crippen LogP contribution is -2.45. The summed E-state index contributed by atoms with van der Waals surface area (Å²) in [6.07, 6.45) is 6.73. The SMILES string of the molecule is CCN(CC1CCCOC1)CC1CCCCN1. The van der Waals surface area contributed by atoms with Crippen LogP contribution >= 0.6 is 0 Å². The molecular weight excluding hydrogens is 212 g/mol. The molecule has 0 bridgehead atoms. The van der Waals surface area contributed by atoms with Crippen LogP contribution in [0.5, 0.6) is 0 Å². The Morgan fingerprint density at radius 2 is 2.12 bits per heavy atom. The molecule has 0 spiro atoms. The van der Waals surface area contributed by atoms with Crippen molar-refractivity contribution in [2.24, 2.45) is 5.92 Å². The zero-order chi connectivity index (χ0) is 11.9. The summed E-state index contributed by atoms with van der Waals surface area (Å²) in [6.45, 7) is 9.10. The molecule has 2 heterocycles. The van der Waals surface area contributed by atoms with Gasteiger partial charge in [-0.1, -0.05) is 13.3 Å². The Labute approximate surface area is 106 Å². The topological polar surface area (TPSA) is 24.5 Å². The highest BCUT2D eigenvalue weighted by Crippen LogP contribution is 2.16. The van der Waals surface area contributed by atoms with Gasteiger partial charge >= 0.3 is 0 Å². The van der Waals surface area contributed by atoms with Gasteiger partial charge in [0.25, 0.3) is 0 Å². The van der Waals surface area contributed by atoms with Crippen LogP contribution in [-0.4, -0.2) is 50.3 Å². The Kier molecular flexibility index (Phi) is 5.75. The van der Waals surface area contributed by atoms with E-state index in [1.54, 1.807) is 0 Å². The molecular formula is C14H28N2O. The monoisotopic (exact) mass is 240 g/mol. The largest absolute Gasteiger partial charge is 0.381 e. The molecule has 0 aliphatic carbocycles. The average molecular weight is 240 g/mol. The van der Waals surface area contributed by atoms with Gasteiger partial charge in [-0.05, 0) is 44.7 Å². The summed E-state index contributed by atoms with van der Waals surface area (Å²) in [5.41, 5.74) is 0. The van der Waals surface area contributed by atoms with Gasteiger partial charge in [0.2, 0.25) is 0 Å². The van der Waals surface area contributed by atoms with Crippen LogP contribution in [0.1, 0.15) is 39.0 Å². The highest BCUT2D eigenvalue weighted by atomic mass is 16.5. The van der Waals surface area contributed by atoms with Crippen LogP contribution in [0.4, 0.5) is 0 Å².